The number of aromatic nitrogens is 1. The van der Waals surface area contributed by atoms with Crippen LogP contribution in [0.25, 0.3) is 11.1 Å². The summed E-state index contributed by atoms with van der Waals surface area (Å²) in [7, 11) is 0. The molecule has 0 fully saturated rings. The first-order valence-electron chi connectivity index (χ1n) is 7.89. The molecule has 0 spiro atoms. The van der Waals surface area contributed by atoms with Gasteiger partial charge in [0, 0.05) is 17.1 Å². The molecule has 3 amide bonds. The number of oxazole rings is 1. The van der Waals surface area contributed by atoms with Crippen molar-refractivity contribution in [1.29, 1.82) is 0 Å². The number of nitrogens with two attached hydrogens (primary N) is 1. The Labute approximate surface area is 158 Å². The molecule has 1 heterocycles. The number of benzene rings is 2. The van der Waals surface area contributed by atoms with Crippen molar-refractivity contribution >= 4 is 44.7 Å². The summed E-state index contributed by atoms with van der Waals surface area (Å²) in [4.78, 5) is 28.0. The molecule has 3 aromatic rings. The topological polar surface area (TPSA) is 110 Å². The Morgan fingerprint density at radius 3 is 2.81 bits per heavy atom. The van der Waals surface area contributed by atoms with Gasteiger partial charge in [-0.2, -0.15) is 0 Å². The van der Waals surface area contributed by atoms with Gasteiger partial charge in [0.05, 0.1) is 12.5 Å². The van der Waals surface area contributed by atoms with Gasteiger partial charge >= 0.3 is 6.03 Å². The highest BCUT2D eigenvalue weighted by molar-refractivity contribution is 9.10. The van der Waals surface area contributed by atoms with Crippen LogP contribution in [0.2, 0.25) is 0 Å². The first-order valence-corrected chi connectivity index (χ1v) is 8.68. The van der Waals surface area contributed by atoms with E-state index in [0.717, 1.165) is 10.0 Å². The fourth-order valence-electron chi connectivity index (χ4n) is 2.67. The smallest absolute Gasteiger partial charge is 0.312 e. The van der Waals surface area contributed by atoms with Gasteiger partial charge in [-0.15, -0.1) is 0 Å². The highest BCUT2D eigenvalue weighted by atomic mass is 79.9. The number of anilines is 1. The van der Waals surface area contributed by atoms with Crippen LogP contribution in [0.3, 0.4) is 0 Å². The van der Waals surface area contributed by atoms with E-state index in [2.05, 4.69) is 31.5 Å². The number of fused-ring (bicyclic) bond motifs is 1. The summed E-state index contributed by atoms with van der Waals surface area (Å²) in [6, 6.07) is 11.3. The number of rotatable bonds is 5. The molecule has 7 nitrogen and oxygen atoms in total. The maximum absolute atomic E-state index is 12.4. The second-order valence-electron chi connectivity index (χ2n) is 5.78. The van der Waals surface area contributed by atoms with Crippen molar-refractivity contribution in [1.82, 2.24) is 10.3 Å². The number of primary amides is 1. The monoisotopic (exact) mass is 416 g/mol. The Morgan fingerprint density at radius 1 is 1.27 bits per heavy atom. The predicted octanol–water partition coefficient (Wildman–Crippen LogP) is 3.64. The Kier molecular flexibility index (Phi) is 5.22. The van der Waals surface area contributed by atoms with Crippen LogP contribution < -0.4 is 16.4 Å². The number of carbonyl (C=O) groups is 2. The summed E-state index contributed by atoms with van der Waals surface area (Å²) in [5.74, 6) is 0.298. The quantitative estimate of drug-likeness (QED) is 0.589. The Morgan fingerprint density at radius 2 is 2.08 bits per heavy atom. The zero-order chi connectivity index (χ0) is 18.7. The lowest BCUT2D eigenvalue weighted by Gasteiger charge is -2.18. The third-order valence-electron chi connectivity index (χ3n) is 3.74. The number of urea groups is 1. The molecule has 26 heavy (non-hydrogen) atoms. The molecule has 1 atom stereocenters. The van der Waals surface area contributed by atoms with Gasteiger partial charge in [-0.25, -0.2) is 9.78 Å². The molecule has 2 aromatic carbocycles. The van der Waals surface area contributed by atoms with Crippen LogP contribution in [-0.4, -0.2) is 16.9 Å². The first-order chi connectivity index (χ1) is 12.4. The number of nitrogens with zero attached hydrogens (tertiary/aromatic N) is 1. The summed E-state index contributed by atoms with van der Waals surface area (Å²) >= 11 is 3.38. The molecular weight excluding hydrogens is 400 g/mol. The summed E-state index contributed by atoms with van der Waals surface area (Å²) in [5.41, 5.74) is 7.94. The largest absolute Gasteiger partial charge is 0.441 e. The molecule has 0 saturated carbocycles. The van der Waals surface area contributed by atoms with E-state index < -0.39 is 12.1 Å². The number of halogens is 1. The van der Waals surface area contributed by atoms with Crippen LogP contribution in [0.1, 0.15) is 23.9 Å². The Balaban J connectivity index is 1.74. The fraction of sp³-hybridized carbons (Fsp3) is 0.167. The van der Waals surface area contributed by atoms with Gasteiger partial charge < -0.3 is 20.8 Å². The maximum atomic E-state index is 12.4. The predicted molar refractivity (Wildman–Crippen MR) is 102 cm³/mol. The van der Waals surface area contributed by atoms with E-state index >= 15 is 0 Å². The number of hydrogen-bond acceptors (Lipinski definition) is 4. The third kappa shape index (κ3) is 4.40. The molecule has 0 radical (unpaired) electrons. The van der Waals surface area contributed by atoms with Gasteiger partial charge in [-0.05, 0) is 35.9 Å². The highest BCUT2D eigenvalue weighted by Gasteiger charge is 2.18. The lowest BCUT2D eigenvalue weighted by molar-refractivity contribution is -0.116. The second kappa shape index (κ2) is 7.57. The number of amides is 3. The lowest BCUT2D eigenvalue weighted by atomic mass is 10.0. The number of carbonyl (C=O) groups excluding carboxylic acids is 2. The molecule has 134 valence electrons. The lowest BCUT2D eigenvalue weighted by Crippen LogP contribution is -2.35. The maximum Gasteiger partial charge on any atom is 0.312 e. The van der Waals surface area contributed by atoms with Crippen LogP contribution in [0.4, 0.5) is 10.5 Å². The molecule has 0 aliphatic rings. The van der Waals surface area contributed by atoms with Gasteiger partial charge in [0.1, 0.15) is 5.52 Å². The zero-order valence-electron chi connectivity index (χ0n) is 14.0. The van der Waals surface area contributed by atoms with Gasteiger partial charge in [-0.1, -0.05) is 28.1 Å². The molecule has 0 aliphatic carbocycles. The number of nitrogens with one attached hydrogen (secondary N) is 2. The van der Waals surface area contributed by atoms with Crippen molar-refractivity contribution in [2.45, 2.75) is 19.4 Å². The standard InChI is InChI=1S/C18H17BrN4O3/c1-10-21-15-8-13(5-6-16(15)26-10)22-17(24)9-14(23-18(20)25)11-3-2-4-12(19)7-11/h2-8,14H,9H2,1H3,(H,22,24)(H3,20,23,25)/t14-/m0/s1. The van der Waals surface area contributed by atoms with Gasteiger partial charge in [-0.3, -0.25) is 4.79 Å². The molecule has 1 aromatic heterocycles. The molecular formula is C18H17BrN4O3. The van der Waals surface area contributed by atoms with E-state index in [1.165, 1.54) is 0 Å². The van der Waals surface area contributed by atoms with Crippen molar-refractivity contribution < 1.29 is 14.0 Å². The van der Waals surface area contributed by atoms with Gasteiger partial charge in [0.15, 0.2) is 11.5 Å². The fourth-order valence-corrected chi connectivity index (χ4v) is 3.08. The molecule has 0 aliphatic heterocycles. The molecule has 8 heteroatoms. The van der Waals surface area contributed by atoms with Crippen LogP contribution >= 0.6 is 15.9 Å². The van der Waals surface area contributed by atoms with Crippen molar-refractivity contribution in [3.63, 3.8) is 0 Å². The molecule has 0 unspecified atom stereocenters. The summed E-state index contributed by atoms with van der Waals surface area (Å²) in [6.45, 7) is 1.76. The van der Waals surface area contributed by atoms with Gasteiger partial charge in [0.25, 0.3) is 0 Å². The minimum atomic E-state index is -0.692. The van der Waals surface area contributed by atoms with Crippen molar-refractivity contribution in [3.8, 4) is 0 Å². The van der Waals surface area contributed by atoms with Crippen molar-refractivity contribution in [2.24, 2.45) is 5.73 Å². The van der Waals surface area contributed by atoms with E-state index in [0.29, 0.717) is 22.7 Å². The van der Waals surface area contributed by atoms with E-state index in [-0.39, 0.29) is 12.3 Å². The second-order valence-corrected chi connectivity index (χ2v) is 6.70. The molecule has 4 N–H and O–H groups in total. The average Bonchev–Trinajstić information content (AvgIpc) is 2.93. The normalized spacial score (nSPS) is 11.9. The minimum absolute atomic E-state index is 0.0370. The SMILES string of the molecule is Cc1nc2cc(NC(=O)C[C@H](NC(N)=O)c3cccc(Br)c3)ccc2o1. The van der Waals surface area contributed by atoms with Crippen molar-refractivity contribution in [3.05, 3.63) is 58.4 Å². The van der Waals surface area contributed by atoms with E-state index in [1.807, 2.05) is 24.3 Å². The summed E-state index contributed by atoms with van der Waals surface area (Å²) < 4.78 is 6.26. The van der Waals surface area contributed by atoms with Crippen molar-refractivity contribution in [2.75, 3.05) is 5.32 Å². The first kappa shape index (κ1) is 17.9. The zero-order valence-corrected chi connectivity index (χ0v) is 15.5. The molecule has 0 bridgehead atoms. The van der Waals surface area contributed by atoms with Crippen LogP contribution in [0.5, 0.6) is 0 Å². The summed E-state index contributed by atoms with van der Waals surface area (Å²) in [6.07, 6.45) is 0.0370. The van der Waals surface area contributed by atoms with E-state index in [9.17, 15) is 9.59 Å². The van der Waals surface area contributed by atoms with Crippen LogP contribution in [0.15, 0.2) is 51.4 Å². The molecule has 3 rings (SSSR count). The average molecular weight is 417 g/mol. The summed E-state index contributed by atoms with van der Waals surface area (Å²) in [5, 5.41) is 5.41. The number of hydrogen-bond donors (Lipinski definition) is 3. The van der Waals surface area contributed by atoms with Crippen LogP contribution in [0, 0.1) is 6.92 Å². The highest BCUT2D eigenvalue weighted by Crippen LogP contribution is 2.23. The van der Waals surface area contributed by atoms with E-state index in [4.69, 9.17) is 10.2 Å². The van der Waals surface area contributed by atoms with Gasteiger partial charge in [0.2, 0.25) is 5.91 Å². The Hall–Kier alpha value is -2.87. The van der Waals surface area contributed by atoms with E-state index in [1.54, 1.807) is 25.1 Å². The van der Waals surface area contributed by atoms with Crippen LogP contribution in [-0.2, 0) is 4.79 Å². The third-order valence-corrected chi connectivity index (χ3v) is 4.23. The molecule has 0 saturated heterocycles. The number of aryl methyl sites for hydroxylation is 1. The minimum Gasteiger partial charge on any atom is -0.441 e. The Bertz CT molecular complexity index is 970.